The summed E-state index contributed by atoms with van der Waals surface area (Å²) in [6.07, 6.45) is -10.8. The molecule has 1 unspecified atom stereocenters. The van der Waals surface area contributed by atoms with Gasteiger partial charge >= 0.3 is 18.5 Å². The van der Waals surface area contributed by atoms with Gasteiger partial charge in [-0.15, -0.1) is 13.2 Å². The molecule has 0 radical (unpaired) electrons. The molecule has 200 valence electrons. The number of aliphatic imine (C=N–C) groups is 1. The van der Waals surface area contributed by atoms with Crippen LogP contribution in [0.5, 0.6) is 5.75 Å². The Bertz CT molecular complexity index is 1390. The SMILES string of the molecule is COC(=O)CC1c2cccc(F)c2N=C(c2ccc(Br)cc2)N1c1cc(C(F)(F)F)ccc1OC(F)(F)F. The van der Waals surface area contributed by atoms with Gasteiger partial charge in [0, 0.05) is 15.6 Å². The second kappa shape index (κ2) is 10.3. The number of methoxy groups -OCH3 is 1. The summed E-state index contributed by atoms with van der Waals surface area (Å²) in [4.78, 5) is 17.7. The lowest BCUT2D eigenvalue weighted by molar-refractivity contribution is -0.274. The number of carbonyl (C=O) groups is 1. The minimum Gasteiger partial charge on any atom is -0.469 e. The van der Waals surface area contributed by atoms with E-state index in [1.165, 1.54) is 24.3 Å². The van der Waals surface area contributed by atoms with Crippen molar-refractivity contribution >= 4 is 39.1 Å². The zero-order valence-corrected chi connectivity index (χ0v) is 20.8. The number of rotatable bonds is 5. The van der Waals surface area contributed by atoms with Crippen LogP contribution in [-0.2, 0) is 15.7 Å². The summed E-state index contributed by atoms with van der Waals surface area (Å²) in [6, 6.07) is 9.94. The lowest BCUT2D eigenvalue weighted by atomic mass is 9.94. The van der Waals surface area contributed by atoms with Crippen molar-refractivity contribution in [3.8, 4) is 5.75 Å². The van der Waals surface area contributed by atoms with E-state index >= 15 is 0 Å². The fraction of sp³-hybridized carbons (Fsp3) is 0.200. The maximum absolute atomic E-state index is 14.9. The quantitative estimate of drug-likeness (QED) is 0.221. The van der Waals surface area contributed by atoms with Gasteiger partial charge in [0.2, 0.25) is 0 Å². The van der Waals surface area contributed by atoms with Gasteiger partial charge in [-0.05, 0) is 36.4 Å². The third-order valence-electron chi connectivity index (χ3n) is 5.60. The van der Waals surface area contributed by atoms with Crippen molar-refractivity contribution in [3.05, 3.63) is 87.6 Å². The predicted octanol–water partition coefficient (Wildman–Crippen LogP) is 7.71. The molecule has 38 heavy (non-hydrogen) atoms. The fourth-order valence-electron chi connectivity index (χ4n) is 3.99. The summed E-state index contributed by atoms with van der Waals surface area (Å²) in [5.74, 6) is -2.85. The number of amidine groups is 1. The number of ether oxygens (including phenoxy) is 2. The second-order valence-electron chi connectivity index (χ2n) is 8.01. The number of anilines is 1. The smallest absolute Gasteiger partial charge is 0.469 e. The van der Waals surface area contributed by atoms with Crippen LogP contribution in [0.25, 0.3) is 0 Å². The van der Waals surface area contributed by atoms with E-state index in [-0.39, 0.29) is 22.6 Å². The Kier molecular flexibility index (Phi) is 7.42. The molecule has 1 heterocycles. The van der Waals surface area contributed by atoms with Crippen LogP contribution in [0.1, 0.15) is 29.2 Å². The molecule has 0 amide bonds. The van der Waals surface area contributed by atoms with E-state index in [0.29, 0.717) is 22.7 Å². The largest absolute Gasteiger partial charge is 0.573 e. The zero-order chi connectivity index (χ0) is 27.8. The van der Waals surface area contributed by atoms with Gasteiger partial charge in [0.25, 0.3) is 0 Å². The summed E-state index contributed by atoms with van der Waals surface area (Å²) in [5, 5.41) is 0. The first-order valence-electron chi connectivity index (χ1n) is 10.7. The number of alkyl halides is 6. The minimum atomic E-state index is -5.26. The molecule has 1 aliphatic rings. The van der Waals surface area contributed by atoms with Crippen LogP contribution in [0, 0.1) is 5.82 Å². The Morgan fingerprint density at radius 2 is 1.71 bits per heavy atom. The van der Waals surface area contributed by atoms with Gasteiger partial charge in [0.15, 0.2) is 5.75 Å². The highest BCUT2D eigenvalue weighted by Gasteiger charge is 2.41. The lowest BCUT2D eigenvalue weighted by Crippen LogP contribution is -2.40. The first-order valence-corrected chi connectivity index (χ1v) is 11.5. The normalized spacial score (nSPS) is 15.6. The Morgan fingerprint density at radius 3 is 2.32 bits per heavy atom. The topological polar surface area (TPSA) is 51.1 Å². The Balaban J connectivity index is 2.06. The molecule has 0 aliphatic carbocycles. The highest BCUT2D eigenvalue weighted by molar-refractivity contribution is 9.10. The maximum Gasteiger partial charge on any atom is 0.573 e. The van der Waals surface area contributed by atoms with Gasteiger partial charge in [0.1, 0.15) is 17.3 Å². The van der Waals surface area contributed by atoms with E-state index in [0.717, 1.165) is 18.1 Å². The van der Waals surface area contributed by atoms with E-state index in [9.17, 15) is 35.5 Å². The summed E-state index contributed by atoms with van der Waals surface area (Å²) in [6.45, 7) is 0. The van der Waals surface area contributed by atoms with Gasteiger partial charge in [-0.3, -0.25) is 4.79 Å². The van der Waals surface area contributed by atoms with Crippen molar-refractivity contribution in [2.75, 3.05) is 12.0 Å². The van der Waals surface area contributed by atoms with Crippen molar-refractivity contribution in [1.29, 1.82) is 0 Å². The Labute approximate surface area is 219 Å². The van der Waals surface area contributed by atoms with Crippen molar-refractivity contribution in [3.63, 3.8) is 0 Å². The van der Waals surface area contributed by atoms with Gasteiger partial charge in [-0.1, -0.05) is 40.2 Å². The van der Waals surface area contributed by atoms with E-state index in [4.69, 9.17) is 4.74 Å². The number of para-hydroxylation sites is 1. The first-order chi connectivity index (χ1) is 17.8. The number of hydrogen-bond donors (Lipinski definition) is 0. The number of nitrogens with zero attached hydrogens (tertiary/aromatic N) is 2. The Morgan fingerprint density at radius 1 is 1.03 bits per heavy atom. The van der Waals surface area contributed by atoms with E-state index in [2.05, 4.69) is 25.7 Å². The summed E-state index contributed by atoms with van der Waals surface area (Å²) < 4.78 is 105. The molecule has 0 bridgehead atoms. The molecule has 0 N–H and O–H groups in total. The molecular weight excluding hydrogens is 589 g/mol. The maximum atomic E-state index is 14.9. The number of hydrogen-bond acceptors (Lipinski definition) is 5. The number of fused-ring (bicyclic) bond motifs is 1. The Hall–Kier alpha value is -3.61. The molecular formula is C25H16BrF7N2O3. The third-order valence-corrected chi connectivity index (χ3v) is 6.12. The van der Waals surface area contributed by atoms with Gasteiger partial charge < -0.3 is 14.4 Å². The van der Waals surface area contributed by atoms with Crippen LogP contribution >= 0.6 is 15.9 Å². The van der Waals surface area contributed by atoms with E-state index in [1.807, 2.05) is 0 Å². The number of carbonyl (C=O) groups excluding carboxylic acids is 1. The molecule has 0 saturated heterocycles. The molecule has 0 spiro atoms. The molecule has 5 nitrogen and oxygen atoms in total. The van der Waals surface area contributed by atoms with Crippen molar-refractivity contribution in [1.82, 2.24) is 0 Å². The first kappa shape index (κ1) is 27.4. The molecule has 3 aromatic rings. The monoisotopic (exact) mass is 604 g/mol. The summed E-state index contributed by atoms with van der Waals surface area (Å²) in [7, 11) is 1.06. The van der Waals surface area contributed by atoms with Gasteiger partial charge in [0.05, 0.1) is 30.8 Å². The van der Waals surface area contributed by atoms with Crippen molar-refractivity contribution in [2.24, 2.45) is 4.99 Å². The number of benzene rings is 3. The average molecular weight is 605 g/mol. The summed E-state index contributed by atoms with van der Waals surface area (Å²) in [5.41, 5.74) is -1.93. The molecule has 13 heteroatoms. The number of esters is 1. The molecule has 4 rings (SSSR count). The van der Waals surface area contributed by atoms with Crippen LogP contribution in [0.2, 0.25) is 0 Å². The van der Waals surface area contributed by atoms with Crippen LogP contribution in [0.15, 0.2) is 70.1 Å². The molecule has 0 fully saturated rings. The van der Waals surface area contributed by atoms with E-state index < -0.39 is 53.8 Å². The third kappa shape index (κ3) is 5.77. The van der Waals surface area contributed by atoms with E-state index in [1.54, 1.807) is 12.1 Å². The molecule has 1 atom stereocenters. The van der Waals surface area contributed by atoms with Crippen LogP contribution < -0.4 is 9.64 Å². The van der Waals surface area contributed by atoms with Gasteiger partial charge in [-0.2, -0.15) is 13.2 Å². The fourth-order valence-corrected chi connectivity index (χ4v) is 4.25. The molecule has 0 saturated carbocycles. The van der Waals surface area contributed by atoms with Crippen LogP contribution in [-0.4, -0.2) is 25.3 Å². The van der Waals surface area contributed by atoms with Crippen molar-refractivity contribution in [2.45, 2.75) is 25.0 Å². The minimum absolute atomic E-state index is 0.0478. The second-order valence-corrected chi connectivity index (χ2v) is 8.93. The highest BCUT2D eigenvalue weighted by atomic mass is 79.9. The highest BCUT2D eigenvalue weighted by Crippen LogP contribution is 2.47. The molecule has 0 aromatic heterocycles. The predicted molar refractivity (Wildman–Crippen MR) is 127 cm³/mol. The molecule has 3 aromatic carbocycles. The van der Waals surface area contributed by atoms with Crippen LogP contribution in [0.3, 0.4) is 0 Å². The zero-order valence-electron chi connectivity index (χ0n) is 19.2. The molecule has 1 aliphatic heterocycles. The van der Waals surface area contributed by atoms with Crippen LogP contribution in [0.4, 0.5) is 42.1 Å². The average Bonchev–Trinajstić information content (AvgIpc) is 2.83. The van der Waals surface area contributed by atoms with Gasteiger partial charge in [-0.25, -0.2) is 9.38 Å². The van der Waals surface area contributed by atoms with Crippen molar-refractivity contribution < 1.29 is 45.0 Å². The number of halogens is 8. The summed E-state index contributed by atoms with van der Waals surface area (Å²) >= 11 is 3.25. The standard InChI is InChI=1S/C25H16BrF7N2O3/c1-37-21(36)12-18-16-3-2-4-17(27)22(16)34-23(13-5-8-15(26)9-6-13)35(18)19-11-14(24(28,29)30)7-10-20(19)38-25(31,32)33/h2-11,18H,12H2,1H3. The lowest BCUT2D eigenvalue weighted by Gasteiger charge is -2.39.